The van der Waals surface area contributed by atoms with Gasteiger partial charge in [-0.15, -0.1) is 11.8 Å². The quantitative estimate of drug-likeness (QED) is 0.881. The number of halogens is 1. The number of hydrogen-bond donors (Lipinski definition) is 1. The number of carboxylic acids is 1. The lowest BCUT2D eigenvalue weighted by Gasteiger charge is -2.06. The van der Waals surface area contributed by atoms with E-state index in [1.807, 2.05) is 0 Å². The SMILES string of the molecule is O=C(CSCc1ccc(C(=O)[O-])cc1)Nc1ccc(Cl)cc1. The van der Waals surface area contributed by atoms with E-state index in [1.54, 1.807) is 36.4 Å². The van der Waals surface area contributed by atoms with Crippen LogP contribution in [0.2, 0.25) is 5.02 Å². The summed E-state index contributed by atoms with van der Waals surface area (Å²) in [6, 6.07) is 13.3. The van der Waals surface area contributed by atoms with Gasteiger partial charge >= 0.3 is 0 Å². The molecule has 0 aliphatic heterocycles. The first-order valence-electron chi connectivity index (χ1n) is 6.48. The van der Waals surface area contributed by atoms with Crippen molar-refractivity contribution < 1.29 is 14.7 Å². The van der Waals surface area contributed by atoms with E-state index < -0.39 is 5.97 Å². The Kier molecular flexibility index (Phi) is 5.86. The predicted molar refractivity (Wildman–Crippen MR) is 87.0 cm³/mol. The smallest absolute Gasteiger partial charge is 0.234 e. The number of carbonyl (C=O) groups is 2. The van der Waals surface area contributed by atoms with Gasteiger partial charge in [0.15, 0.2) is 0 Å². The van der Waals surface area contributed by atoms with Crippen molar-refractivity contribution in [3.05, 3.63) is 64.7 Å². The second-order valence-electron chi connectivity index (χ2n) is 4.53. The lowest BCUT2D eigenvalue weighted by Crippen LogP contribution is -2.21. The molecule has 0 fully saturated rings. The number of carbonyl (C=O) groups excluding carboxylic acids is 2. The molecule has 0 heterocycles. The molecular weight excluding hydrogens is 322 g/mol. The Morgan fingerprint density at radius 2 is 1.68 bits per heavy atom. The standard InChI is InChI=1S/C16H14ClNO3S/c17-13-5-7-14(8-6-13)18-15(19)10-22-9-11-1-3-12(4-2-11)16(20)21/h1-8H,9-10H2,(H,18,19)(H,20,21)/p-1. The normalized spacial score (nSPS) is 10.2. The lowest BCUT2D eigenvalue weighted by molar-refractivity contribution is -0.255. The van der Waals surface area contributed by atoms with Crippen LogP contribution < -0.4 is 10.4 Å². The summed E-state index contributed by atoms with van der Waals surface area (Å²) >= 11 is 7.22. The highest BCUT2D eigenvalue weighted by atomic mass is 35.5. The summed E-state index contributed by atoms with van der Waals surface area (Å²) in [4.78, 5) is 22.4. The molecule has 0 unspecified atom stereocenters. The van der Waals surface area contributed by atoms with Gasteiger partial charge in [-0.2, -0.15) is 0 Å². The minimum absolute atomic E-state index is 0.0984. The molecule has 1 N–H and O–H groups in total. The Morgan fingerprint density at radius 1 is 1.05 bits per heavy atom. The van der Waals surface area contributed by atoms with Gasteiger partial charge in [-0.1, -0.05) is 35.9 Å². The van der Waals surface area contributed by atoms with Crippen molar-refractivity contribution in [1.29, 1.82) is 0 Å². The maximum atomic E-state index is 11.8. The molecule has 114 valence electrons. The van der Waals surface area contributed by atoms with Gasteiger partial charge in [-0.25, -0.2) is 0 Å². The van der Waals surface area contributed by atoms with Crippen LogP contribution in [-0.2, 0) is 10.5 Å². The molecular formula is C16H13ClNO3S-. The number of benzene rings is 2. The van der Waals surface area contributed by atoms with Crippen molar-refractivity contribution in [3.63, 3.8) is 0 Å². The van der Waals surface area contributed by atoms with E-state index in [2.05, 4.69) is 5.32 Å². The summed E-state index contributed by atoms with van der Waals surface area (Å²) in [5, 5.41) is 14.0. The van der Waals surface area contributed by atoms with Crippen LogP contribution in [0.5, 0.6) is 0 Å². The van der Waals surface area contributed by atoms with Gasteiger partial charge in [-0.3, -0.25) is 4.79 Å². The molecule has 0 spiro atoms. The van der Waals surface area contributed by atoms with Gasteiger partial charge in [0.05, 0.1) is 11.7 Å². The molecule has 0 radical (unpaired) electrons. The average molecular weight is 335 g/mol. The van der Waals surface area contributed by atoms with Crippen molar-refractivity contribution in [3.8, 4) is 0 Å². The maximum Gasteiger partial charge on any atom is 0.234 e. The van der Waals surface area contributed by atoms with E-state index in [1.165, 1.54) is 23.9 Å². The molecule has 6 heteroatoms. The molecule has 0 aliphatic carbocycles. The molecule has 0 saturated heterocycles. The molecule has 0 bridgehead atoms. The molecule has 2 aromatic rings. The van der Waals surface area contributed by atoms with Crippen molar-refractivity contribution >= 4 is 40.9 Å². The predicted octanol–water partition coefficient (Wildman–Crippen LogP) is 2.58. The van der Waals surface area contributed by atoms with Gasteiger partial charge in [0.25, 0.3) is 0 Å². The number of anilines is 1. The molecule has 0 atom stereocenters. The summed E-state index contributed by atoms with van der Waals surface area (Å²) in [6.45, 7) is 0. The summed E-state index contributed by atoms with van der Waals surface area (Å²) in [6.07, 6.45) is 0. The molecule has 1 amide bonds. The second-order valence-corrected chi connectivity index (χ2v) is 5.95. The monoisotopic (exact) mass is 334 g/mol. The zero-order chi connectivity index (χ0) is 15.9. The largest absolute Gasteiger partial charge is 0.545 e. The van der Waals surface area contributed by atoms with Crippen LogP contribution in [0, 0.1) is 0 Å². The molecule has 0 aliphatic rings. The van der Waals surface area contributed by atoms with Crippen molar-refractivity contribution in [2.45, 2.75) is 5.75 Å². The number of nitrogens with one attached hydrogen (secondary N) is 1. The third-order valence-corrected chi connectivity index (χ3v) is 4.08. The summed E-state index contributed by atoms with van der Waals surface area (Å²) < 4.78 is 0. The zero-order valence-electron chi connectivity index (χ0n) is 11.5. The van der Waals surface area contributed by atoms with Gasteiger partial charge in [0.1, 0.15) is 0 Å². The number of aromatic carboxylic acids is 1. The third kappa shape index (κ3) is 5.09. The topological polar surface area (TPSA) is 69.2 Å². The Morgan fingerprint density at radius 3 is 2.27 bits per heavy atom. The first kappa shape index (κ1) is 16.4. The molecule has 0 saturated carbocycles. The Bertz CT molecular complexity index is 656. The van der Waals surface area contributed by atoms with Gasteiger partial charge in [0, 0.05) is 16.5 Å². The first-order chi connectivity index (χ1) is 10.5. The number of rotatable bonds is 6. The van der Waals surface area contributed by atoms with Gasteiger partial charge in [0.2, 0.25) is 5.91 Å². The van der Waals surface area contributed by atoms with Gasteiger partial charge in [-0.05, 0) is 35.4 Å². The summed E-state index contributed by atoms with van der Waals surface area (Å²) in [5.41, 5.74) is 1.80. The zero-order valence-corrected chi connectivity index (χ0v) is 13.1. The van der Waals surface area contributed by atoms with Crippen LogP contribution >= 0.6 is 23.4 Å². The van der Waals surface area contributed by atoms with E-state index in [-0.39, 0.29) is 11.5 Å². The Labute approximate surface area is 137 Å². The fourth-order valence-corrected chi connectivity index (χ4v) is 2.64. The van der Waals surface area contributed by atoms with Crippen LogP contribution in [0.3, 0.4) is 0 Å². The van der Waals surface area contributed by atoms with E-state index >= 15 is 0 Å². The molecule has 0 aromatic heterocycles. The fraction of sp³-hybridized carbons (Fsp3) is 0.125. The Hall–Kier alpha value is -1.98. The van der Waals surface area contributed by atoms with Gasteiger partial charge < -0.3 is 15.2 Å². The van der Waals surface area contributed by atoms with E-state index in [0.29, 0.717) is 22.2 Å². The van der Waals surface area contributed by atoms with Crippen molar-refractivity contribution in [1.82, 2.24) is 0 Å². The first-order valence-corrected chi connectivity index (χ1v) is 8.01. The van der Waals surface area contributed by atoms with Crippen LogP contribution in [0.15, 0.2) is 48.5 Å². The lowest BCUT2D eigenvalue weighted by atomic mass is 10.1. The van der Waals surface area contributed by atoms with E-state index in [0.717, 1.165) is 5.56 Å². The molecule has 2 aromatic carbocycles. The highest BCUT2D eigenvalue weighted by Crippen LogP contribution is 2.16. The van der Waals surface area contributed by atoms with Crippen LogP contribution in [0.25, 0.3) is 0 Å². The van der Waals surface area contributed by atoms with Crippen LogP contribution in [0.1, 0.15) is 15.9 Å². The highest BCUT2D eigenvalue weighted by molar-refractivity contribution is 7.99. The highest BCUT2D eigenvalue weighted by Gasteiger charge is 2.03. The van der Waals surface area contributed by atoms with Crippen molar-refractivity contribution in [2.75, 3.05) is 11.1 Å². The van der Waals surface area contributed by atoms with E-state index in [9.17, 15) is 14.7 Å². The Balaban J connectivity index is 1.77. The third-order valence-electron chi connectivity index (χ3n) is 2.82. The number of amides is 1. The number of thioether (sulfide) groups is 1. The summed E-state index contributed by atoms with van der Waals surface area (Å²) in [7, 11) is 0. The second kappa shape index (κ2) is 7.87. The maximum absolute atomic E-state index is 11.8. The summed E-state index contributed by atoms with van der Waals surface area (Å²) in [5.74, 6) is -0.355. The average Bonchev–Trinajstić information content (AvgIpc) is 2.50. The van der Waals surface area contributed by atoms with Crippen molar-refractivity contribution in [2.24, 2.45) is 0 Å². The minimum Gasteiger partial charge on any atom is -0.545 e. The van der Waals surface area contributed by atoms with Crippen LogP contribution in [0.4, 0.5) is 5.69 Å². The molecule has 22 heavy (non-hydrogen) atoms. The van der Waals surface area contributed by atoms with Crippen LogP contribution in [-0.4, -0.2) is 17.6 Å². The minimum atomic E-state index is -1.19. The number of carboxylic acid groups (broad SMARTS) is 1. The van der Waals surface area contributed by atoms with E-state index in [4.69, 9.17) is 11.6 Å². The number of hydrogen-bond acceptors (Lipinski definition) is 4. The molecule has 2 rings (SSSR count). The fourth-order valence-electron chi connectivity index (χ4n) is 1.73. The molecule has 4 nitrogen and oxygen atoms in total.